The van der Waals surface area contributed by atoms with E-state index in [4.69, 9.17) is 9.47 Å². The maximum absolute atomic E-state index is 9.41. The Balaban J connectivity index is 1.98. The van der Waals surface area contributed by atoms with E-state index in [-0.39, 0.29) is 12.2 Å². The molecule has 110 valence electrons. The summed E-state index contributed by atoms with van der Waals surface area (Å²) in [6.07, 6.45) is 2.50. The number of ether oxygens (including phenoxy) is 2. The molecule has 2 aromatic rings. The molecule has 0 amide bonds. The number of pyridine rings is 1. The lowest BCUT2D eigenvalue weighted by Gasteiger charge is -2.18. The van der Waals surface area contributed by atoms with Crippen molar-refractivity contribution in [3.63, 3.8) is 0 Å². The molecule has 1 aromatic heterocycles. The Hall–Kier alpha value is -2.07. The first-order chi connectivity index (χ1) is 9.98. The van der Waals surface area contributed by atoms with Gasteiger partial charge in [-0.2, -0.15) is 0 Å². The molecule has 3 rings (SSSR count). The Kier molecular flexibility index (Phi) is 3.33. The predicted molar refractivity (Wildman–Crippen MR) is 79.8 cm³/mol. The fourth-order valence-corrected chi connectivity index (χ4v) is 2.56. The molecule has 1 aliphatic heterocycles. The van der Waals surface area contributed by atoms with E-state index in [1.807, 2.05) is 25.1 Å². The molecule has 21 heavy (non-hydrogen) atoms. The van der Waals surface area contributed by atoms with Crippen LogP contribution in [0.15, 0.2) is 30.5 Å². The highest BCUT2D eigenvalue weighted by atomic mass is 16.5. The number of benzene rings is 1. The van der Waals surface area contributed by atoms with Crippen LogP contribution in [0.4, 0.5) is 0 Å². The van der Waals surface area contributed by atoms with E-state index < -0.39 is 0 Å². The van der Waals surface area contributed by atoms with Crippen LogP contribution in [0, 0.1) is 6.92 Å². The van der Waals surface area contributed by atoms with Crippen molar-refractivity contribution in [2.75, 3.05) is 0 Å². The lowest BCUT2D eigenvalue weighted by Crippen LogP contribution is -2.24. The second-order valence-corrected chi connectivity index (χ2v) is 5.98. The van der Waals surface area contributed by atoms with Crippen LogP contribution in [-0.4, -0.2) is 15.7 Å². The van der Waals surface area contributed by atoms with Crippen LogP contribution in [0.3, 0.4) is 0 Å². The summed E-state index contributed by atoms with van der Waals surface area (Å²) in [6.45, 7) is 5.91. The van der Waals surface area contributed by atoms with Gasteiger partial charge in [0.2, 0.25) is 0 Å². The van der Waals surface area contributed by atoms with Crippen LogP contribution < -0.4 is 9.47 Å². The zero-order valence-corrected chi connectivity index (χ0v) is 12.5. The summed E-state index contributed by atoms with van der Waals surface area (Å²) in [6, 6.07) is 7.73. The van der Waals surface area contributed by atoms with Gasteiger partial charge in [-0.15, -0.1) is 0 Å². The number of aliphatic hydroxyl groups is 1. The molecule has 0 atom stereocenters. The normalized spacial score (nSPS) is 15.4. The highest BCUT2D eigenvalue weighted by Crippen LogP contribution is 2.43. The van der Waals surface area contributed by atoms with E-state index in [9.17, 15) is 5.11 Å². The third kappa shape index (κ3) is 2.72. The van der Waals surface area contributed by atoms with Crippen LogP contribution in [-0.2, 0) is 13.0 Å². The molecule has 0 bridgehead atoms. The maximum Gasteiger partial charge on any atom is 0.169 e. The minimum absolute atomic E-state index is 0.107. The Morgan fingerprint density at radius 2 is 2.14 bits per heavy atom. The average Bonchev–Trinajstić information content (AvgIpc) is 2.74. The summed E-state index contributed by atoms with van der Waals surface area (Å²) >= 11 is 0. The molecule has 1 aliphatic rings. The summed E-state index contributed by atoms with van der Waals surface area (Å²) < 4.78 is 12.0. The molecule has 0 unspecified atom stereocenters. The number of fused-ring (bicyclic) bond motifs is 1. The molecule has 4 nitrogen and oxygen atoms in total. The molecular formula is C17H19NO3. The SMILES string of the molecule is Cc1cc(Oc2cccc3c2OC(C)(C)C3)c(CO)cn1. The van der Waals surface area contributed by atoms with E-state index in [0.29, 0.717) is 17.1 Å². The van der Waals surface area contributed by atoms with Gasteiger partial charge in [0.05, 0.1) is 6.61 Å². The minimum Gasteiger partial charge on any atom is -0.483 e. The number of rotatable bonds is 3. The van der Waals surface area contributed by atoms with Gasteiger partial charge in [0.25, 0.3) is 0 Å². The number of hydrogen-bond donors (Lipinski definition) is 1. The smallest absolute Gasteiger partial charge is 0.169 e. The molecule has 0 spiro atoms. The van der Waals surface area contributed by atoms with Crippen molar-refractivity contribution < 1.29 is 14.6 Å². The van der Waals surface area contributed by atoms with Crippen LogP contribution in [0.5, 0.6) is 17.2 Å². The van der Waals surface area contributed by atoms with Gasteiger partial charge in [0, 0.05) is 35.5 Å². The van der Waals surface area contributed by atoms with Gasteiger partial charge in [-0.1, -0.05) is 12.1 Å². The number of para-hydroxylation sites is 1. The van der Waals surface area contributed by atoms with Crippen molar-refractivity contribution in [1.29, 1.82) is 0 Å². The van der Waals surface area contributed by atoms with Crippen molar-refractivity contribution in [3.05, 3.63) is 47.3 Å². The van der Waals surface area contributed by atoms with Gasteiger partial charge in [-0.05, 0) is 26.8 Å². The zero-order chi connectivity index (χ0) is 15.0. The van der Waals surface area contributed by atoms with Crippen LogP contribution in [0.2, 0.25) is 0 Å². The third-order valence-electron chi connectivity index (χ3n) is 3.53. The van der Waals surface area contributed by atoms with Gasteiger partial charge in [-0.25, -0.2) is 0 Å². The minimum atomic E-state index is -0.213. The van der Waals surface area contributed by atoms with Gasteiger partial charge < -0.3 is 14.6 Å². The summed E-state index contributed by atoms with van der Waals surface area (Å²) in [5.41, 5.74) is 2.44. The third-order valence-corrected chi connectivity index (χ3v) is 3.53. The van der Waals surface area contributed by atoms with E-state index in [2.05, 4.69) is 24.9 Å². The molecule has 0 aliphatic carbocycles. The van der Waals surface area contributed by atoms with Crippen LogP contribution >= 0.6 is 0 Å². The van der Waals surface area contributed by atoms with Crippen molar-refractivity contribution in [2.45, 2.75) is 39.4 Å². The Labute approximate surface area is 124 Å². The first kappa shape index (κ1) is 13.9. The largest absolute Gasteiger partial charge is 0.483 e. The highest BCUT2D eigenvalue weighted by molar-refractivity contribution is 5.52. The lowest BCUT2D eigenvalue weighted by molar-refractivity contribution is 0.135. The topological polar surface area (TPSA) is 51.6 Å². The Morgan fingerprint density at radius 3 is 2.90 bits per heavy atom. The second-order valence-electron chi connectivity index (χ2n) is 5.98. The molecule has 0 saturated carbocycles. The van der Waals surface area contributed by atoms with Crippen LogP contribution in [0.25, 0.3) is 0 Å². The van der Waals surface area contributed by atoms with E-state index >= 15 is 0 Å². The Bertz CT molecular complexity index is 680. The van der Waals surface area contributed by atoms with Gasteiger partial charge >= 0.3 is 0 Å². The number of aromatic nitrogens is 1. The molecule has 1 N–H and O–H groups in total. The molecule has 0 saturated heterocycles. The van der Waals surface area contributed by atoms with E-state index in [0.717, 1.165) is 23.4 Å². The lowest BCUT2D eigenvalue weighted by atomic mass is 10.0. The molecule has 4 heteroatoms. The maximum atomic E-state index is 9.41. The van der Waals surface area contributed by atoms with Gasteiger partial charge in [0.15, 0.2) is 11.5 Å². The Morgan fingerprint density at radius 1 is 1.33 bits per heavy atom. The van der Waals surface area contributed by atoms with Gasteiger partial charge in [-0.3, -0.25) is 4.98 Å². The second kappa shape index (κ2) is 5.04. The number of hydrogen-bond acceptors (Lipinski definition) is 4. The van der Waals surface area contributed by atoms with E-state index in [1.54, 1.807) is 6.20 Å². The number of nitrogens with zero attached hydrogens (tertiary/aromatic N) is 1. The molecule has 0 fully saturated rings. The van der Waals surface area contributed by atoms with Crippen molar-refractivity contribution in [1.82, 2.24) is 4.98 Å². The molecule has 2 heterocycles. The van der Waals surface area contributed by atoms with Crippen molar-refractivity contribution in [2.24, 2.45) is 0 Å². The van der Waals surface area contributed by atoms with E-state index in [1.165, 1.54) is 0 Å². The first-order valence-electron chi connectivity index (χ1n) is 7.04. The van der Waals surface area contributed by atoms with Crippen LogP contribution in [0.1, 0.15) is 30.7 Å². The number of aryl methyl sites for hydroxylation is 1. The quantitative estimate of drug-likeness (QED) is 0.939. The van der Waals surface area contributed by atoms with Crippen molar-refractivity contribution >= 4 is 0 Å². The molecular weight excluding hydrogens is 266 g/mol. The van der Waals surface area contributed by atoms with Crippen molar-refractivity contribution in [3.8, 4) is 17.2 Å². The van der Waals surface area contributed by atoms with Gasteiger partial charge in [0.1, 0.15) is 11.4 Å². The first-order valence-corrected chi connectivity index (χ1v) is 7.04. The predicted octanol–water partition coefficient (Wildman–Crippen LogP) is 3.39. The fourth-order valence-electron chi connectivity index (χ4n) is 2.56. The molecule has 0 radical (unpaired) electrons. The summed E-state index contributed by atoms with van der Waals surface area (Å²) in [5.74, 6) is 2.09. The summed E-state index contributed by atoms with van der Waals surface area (Å²) in [5, 5.41) is 9.41. The number of aliphatic hydroxyl groups excluding tert-OH is 1. The fraction of sp³-hybridized carbons (Fsp3) is 0.353. The molecule has 1 aromatic carbocycles. The summed E-state index contributed by atoms with van der Waals surface area (Å²) in [4.78, 5) is 4.18. The monoisotopic (exact) mass is 285 g/mol. The zero-order valence-electron chi connectivity index (χ0n) is 12.5. The average molecular weight is 285 g/mol. The highest BCUT2D eigenvalue weighted by Gasteiger charge is 2.32. The summed E-state index contributed by atoms with van der Waals surface area (Å²) in [7, 11) is 0. The standard InChI is InChI=1S/C17H19NO3/c1-11-7-15(13(10-19)9-18-11)20-14-6-4-5-12-8-17(2,3)21-16(12)14/h4-7,9,19H,8,10H2,1-3H3.